The van der Waals surface area contributed by atoms with Crippen LogP contribution in [0.4, 0.5) is 5.95 Å². The number of rotatable bonds is 4. The molecule has 6 heteroatoms. The van der Waals surface area contributed by atoms with E-state index in [0.717, 1.165) is 16.8 Å². The zero-order valence-electron chi connectivity index (χ0n) is 11.9. The van der Waals surface area contributed by atoms with Gasteiger partial charge in [-0.25, -0.2) is 9.66 Å². The van der Waals surface area contributed by atoms with Crippen LogP contribution in [0.15, 0.2) is 29.5 Å². The quantitative estimate of drug-likeness (QED) is 0.826. The number of hydrogen-bond donors (Lipinski definition) is 2. The minimum absolute atomic E-state index is 0.286. The Hall–Kier alpha value is -2.34. The lowest BCUT2D eigenvalue weighted by Crippen LogP contribution is -2.11. The smallest absolute Gasteiger partial charge is 0.221 e. The molecule has 2 aromatic rings. The maximum Gasteiger partial charge on any atom is 0.221 e. The topological polar surface area (TPSA) is 79.7 Å². The van der Waals surface area contributed by atoms with Gasteiger partial charge in [-0.1, -0.05) is 0 Å². The largest absolute Gasteiger partial charge is 0.508 e. The minimum atomic E-state index is 0.286. The molecule has 3 N–H and O–H groups in total. The van der Waals surface area contributed by atoms with Crippen LogP contribution in [-0.4, -0.2) is 40.0 Å². The van der Waals surface area contributed by atoms with Crippen LogP contribution in [-0.2, 0) is 6.54 Å². The summed E-state index contributed by atoms with van der Waals surface area (Å²) in [5.41, 5.74) is 8.28. The van der Waals surface area contributed by atoms with Crippen LogP contribution in [0.1, 0.15) is 16.8 Å². The Balaban J connectivity index is 2.23. The molecule has 0 fully saturated rings. The molecule has 0 radical (unpaired) electrons. The Kier molecular flexibility index (Phi) is 4.05. The van der Waals surface area contributed by atoms with E-state index in [1.807, 2.05) is 32.0 Å². The molecule has 0 saturated carbocycles. The highest BCUT2D eigenvalue weighted by atomic mass is 16.3. The number of nitrogen functional groups attached to an aromatic ring is 1. The first-order valence-electron chi connectivity index (χ1n) is 6.28. The number of aromatic nitrogens is 2. The fourth-order valence-electron chi connectivity index (χ4n) is 1.88. The molecule has 2 rings (SSSR count). The molecule has 0 atom stereocenters. The molecular weight excluding hydrogens is 254 g/mol. The van der Waals surface area contributed by atoms with Gasteiger partial charge in [0.2, 0.25) is 5.95 Å². The van der Waals surface area contributed by atoms with Gasteiger partial charge < -0.3 is 15.7 Å². The summed E-state index contributed by atoms with van der Waals surface area (Å²) in [6.07, 6.45) is 3.45. The van der Waals surface area contributed by atoms with Crippen LogP contribution < -0.4 is 5.73 Å². The van der Waals surface area contributed by atoms with Gasteiger partial charge in [0.1, 0.15) is 5.75 Å². The van der Waals surface area contributed by atoms with Crippen LogP contribution in [0.5, 0.6) is 5.75 Å². The monoisotopic (exact) mass is 273 g/mol. The number of nitrogens with zero attached hydrogens (tertiary/aromatic N) is 4. The molecule has 0 unspecified atom stereocenters. The predicted molar refractivity (Wildman–Crippen MR) is 79.9 cm³/mol. The second kappa shape index (κ2) is 5.75. The van der Waals surface area contributed by atoms with Crippen molar-refractivity contribution in [3.05, 3.63) is 41.2 Å². The van der Waals surface area contributed by atoms with Crippen molar-refractivity contribution in [1.29, 1.82) is 0 Å². The summed E-state index contributed by atoms with van der Waals surface area (Å²) in [6.45, 7) is 2.53. The molecule has 0 spiro atoms. The van der Waals surface area contributed by atoms with Crippen molar-refractivity contribution in [3.8, 4) is 5.75 Å². The maximum absolute atomic E-state index is 9.81. The van der Waals surface area contributed by atoms with Crippen LogP contribution in [0.3, 0.4) is 0 Å². The Morgan fingerprint density at radius 1 is 1.45 bits per heavy atom. The number of aromatic hydroxyl groups is 1. The summed E-state index contributed by atoms with van der Waals surface area (Å²) in [7, 11) is 3.91. The molecule has 0 amide bonds. The molecule has 6 nitrogen and oxygen atoms in total. The van der Waals surface area contributed by atoms with E-state index in [2.05, 4.69) is 10.1 Å². The van der Waals surface area contributed by atoms with Gasteiger partial charge in [-0.05, 0) is 44.8 Å². The molecule has 0 aliphatic rings. The summed E-state index contributed by atoms with van der Waals surface area (Å²) >= 11 is 0. The first-order chi connectivity index (χ1) is 9.45. The molecule has 106 valence electrons. The Labute approximate surface area is 118 Å². The number of phenols is 1. The van der Waals surface area contributed by atoms with Crippen LogP contribution >= 0.6 is 0 Å². The van der Waals surface area contributed by atoms with Gasteiger partial charge in [-0.15, -0.1) is 0 Å². The van der Waals surface area contributed by atoms with E-state index >= 15 is 0 Å². The lowest BCUT2D eigenvalue weighted by Gasteiger charge is -2.11. The van der Waals surface area contributed by atoms with Gasteiger partial charge in [0, 0.05) is 12.1 Å². The van der Waals surface area contributed by atoms with Crippen molar-refractivity contribution in [2.24, 2.45) is 5.10 Å². The van der Waals surface area contributed by atoms with Gasteiger partial charge in [0.25, 0.3) is 0 Å². The van der Waals surface area contributed by atoms with Crippen molar-refractivity contribution < 1.29 is 5.11 Å². The molecule has 1 aromatic carbocycles. The average molecular weight is 273 g/mol. The number of anilines is 1. The zero-order chi connectivity index (χ0) is 14.7. The van der Waals surface area contributed by atoms with Gasteiger partial charge >= 0.3 is 0 Å². The standard InChI is InChI=1S/C14H19N5O/c1-10-8-19(14(15)17-10)16-7-11-4-5-13(20)12(6-11)9-18(2)3/h4-8,20H,9H2,1-3H3,(H2,15,17). The minimum Gasteiger partial charge on any atom is -0.508 e. The van der Waals surface area contributed by atoms with Crippen LogP contribution in [0, 0.1) is 6.92 Å². The van der Waals surface area contributed by atoms with Crippen molar-refractivity contribution in [1.82, 2.24) is 14.6 Å². The summed E-state index contributed by atoms with van der Waals surface area (Å²) < 4.78 is 1.52. The summed E-state index contributed by atoms with van der Waals surface area (Å²) in [5, 5.41) is 14.1. The highest BCUT2D eigenvalue weighted by molar-refractivity contribution is 5.80. The fraction of sp³-hybridized carbons (Fsp3) is 0.286. The van der Waals surface area contributed by atoms with E-state index < -0.39 is 0 Å². The molecule has 1 heterocycles. The predicted octanol–water partition coefficient (Wildman–Crippen LogP) is 1.42. The number of benzene rings is 1. The molecule has 0 bridgehead atoms. The molecule has 20 heavy (non-hydrogen) atoms. The highest BCUT2D eigenvalue weighted by Crippen LogP contribution is 2.19. The van der Waals surface area contributed by atoms with E-state index in [4.69, 9.17) is 5.73 Å². The van der Waals surface area contributed by atoms with E-state index in [1.54, 1.807) is 24.5 Å². The molecular formula is C14H19N5O. The van der Waals surface area contributed by atoms with Crippen molar-refractivity contribution in [2.75, 3.05) is 19.8 Å². The average Bonchev–Trinajstić information content (AvgIpc) is 2.68. The number of aryl methyl sites for hydroxylation is 1. The second-order valence-electron chi connectivity index (χ2n) is 4.96. The van der Waals surface area contributed by atoms with E-state index in [0.29, 0.717) is 12.5 Å². The normalized spacial score (nSPS) is 11.6. The van der Waals surface area contributed by atoms with Gasteiger partial charge in [-0.3, -0.25) is 0 Å². The summed E-state index contributed by atoms with van der Waals surface area (Å²) in [6, 6.07) is 5.37. The number of phenolic OH excluding ortho intramolecular Hbond substituents is 1. The summed E-state index contributed by atoms with van der Waals surface area (Å²) in [5.74, 6) is 0.639. The summed E-state index contributed by atoms with van der Waals surface area (Å²) in [4.78, 5) is 6.07. The third-order valence-corrected chi connectivity index (χ3v) is 2.76. The molecule has 0 aliphatic heterocycles. The lowest BCUT2D eigenvalue weighted by molar-refractivity contribution is 0.386. The molecule has 1 aromatic heterocycles. The van der Waals surface area contributed by atoms with Gasteiger partial charge in [0.15, 0.2) is 0 Å². The number of imidazole rings is 1. The Morgan fingerprint density at radius 2 is 2.20 bits per heavy atom. The molecule has 0 saturated heterocycles. The molecule has 0 aliphatic carbocycles. The Bertz CT molecular complexity index is 630. The first kappa shape index (κ1) is 14.1. The maximum atomic E-state index is 9.81. The van der Waals surface area contributed by atoms with Gasteiger partial charge in [0.05, 0.1) is 18.1 Å². The van der Waals surface area contributed by atoms with Crippen molar-refractivity contribution in [2.45, 2.75) is 13.5 Å². The zero-order valence-corrected chi connectivity index (χ0v) is 11.9. The number of hydrogen-bond acceptors (Lipinski definition) is 5. The first-order valence-corrected chi connectivity index (χ1v) is 6.28. The highest BCUT2D eigenvalue weighted by Gasteiger charge is 2.04. The fourth-order valence-corrected chi connectivity index (χ4v) is 1.88. The Morgan fingerprint density at radius 3 is 2.80 bits per heavy atom. The van der Waals surface area contributed by atoms with E-state index in [-0.39, 0.29) is 5.75 Å². The van der Waals surface area contributed by atoms with Crippen LogP contribution in [0.2, 0.25) is 0 Å². The van der Waals surface area contributed by atoms with Gasteiger partial charge in [-0.2, -0.15) is 5.10 Å². The van der Waals surface area contributed by atoms with Crippen LogP contribution in [0.25, 0.3) is 0 Å². The van der Waals surface area contributed by atoms with E-state index in [1.165, 1.54) is 4.68 Å². The SMILES string of the molecule is Cc1cn(N=Cc2ccc(O)c(CN(C)C)c2)c(N)n1. The van der Waals surface area contributed by atoms with E-state index in [9.17, 15) is 5.11 Å². The van der Waals surface area contributed by atoms with Crippen molar-refractivity contribution in [3.63, 3.8) is 0 Å². The third-order valence-electron chi connectivity index (χ3n) is 2.76. The third kappa shape index (κ3) is 3.36. The second-order valence-corrected chi connectivity index (χ2v) is 4.96. The number of nitrogens with two attached hydrogens (primary N) is 1. The van der Waals surface area contributed by atoms with Crippen molar-refractivity contribution >= 4 is 12.2 Å². The lowest BCUT2D eigenvalue weighted by atomic mass is 10.1.